The van der Waals surface area contributed by atoms with E-state index in [1.165, 1.54) is 0 Å². The summed E-state index contributed by atoms with van der Waals surface area (Å²) in [6.45, 7) is 2.09. The number of aliphatic hydroxyl groups is 1. The molecule has 3 N–H and O–H groups in total. The minimum Gasteiger partial charge on any atom is -0.507 e. The van der Waals surface area contributed by atoms with Crippen LogP contribution in [0.5, 0.6) is 5.75 Å². The molecule has 3 rings (SSSR count). The van der Waals surface area contributed by atoms with Crippen LogP contribution >= 0.6 is 0 Å². The molecule has 0 saturated carbocycles. The summed E-state index contributed by atoms with van der Waals surface area (Å²) in [5.74, 6) is 0.447. The van der Waals surface area contributed by atoms with Gasteiger partial charge in [0.1, 0.15) is 5.75 Å². The molecule has 0 bridgehead atoms. The fourth-order valence-electron chi connectivity index (χ4n) is 2.51. The zero-order valence-corrected chi connectivity index (χ0v) is 12.4. The normalized spacial score (nSPS) is 18.8. The molecule has 0 heterocycles. The van der Waals surface area contributed by atoms with Crippen LogP contribution in [0.2, 0.25) is 0 Å². The molecule has 2 unspecified atom stereocenters. The minimum absolute atomic E-state index is 0.0841. The molecule has 1 aliphatic rings. The van der Waals surface area contributed by atoms with E-state index in [0.717, 1.165) is 16.5 Å². The third-order valence-electron chi connectivity index (χ3n) is 3.76. The van der Waals surface area contributed by atoms with Gasteiger partial charge in [0.15, 0.2) is 6.23 Å². The minimum atomic E-state index is -0.970. The second-order valence-electron chi connectivity index (χ2n) is 5.53. The number of phenols is 1. The quantitative estimate of drug-likeness (QED) is 0.755. The SMILES string of the molecule is CC1C=CC=C(NC(O)c2cc3ccccc3cc2O)C=C1. The molecule has 2 aromatic carbocycles. The van der Waals surface area contributed by atoms with Gasteiger partial charge in [0.05, 0.1) is 0 Å². The summed E-state index contributed by atoms with van der Waals surface area (Å²) in [4.78, 5) is 0. The van der Waals surface area contributed by atoms with Crippen molar-refractivity contribution in [1.82, 2.24) is 5.32 Å². The molecule has 0 spiro atoms. The Labute approximate surface area is 129 Å². The van der Waals surface area contributed by atoms with E-state index in [9.17, 15) is 10.2 Å². The Morgan fingerprint density at radius 1 is 1.09 bits per heavy atom. The van der Waals surface area contributed by atoms with Gasteiger partial charge >= 0.3 is 0 Å². The molecule has 2 atom stereocenters. The summed E-state index contributed by atoms with van der Waals surface area (Å²) in [6, 6.07) is 11.2. The lowest BCUT2D eigenvalue weighted by molar-refractivity contribution is 0.149. The first kappa shape index (κ1) is 14.4. The maximum atomic E-state index is 10.4. The zero-order valence-electron chi connectivity index (χ0n) is 12.4. The number of aliphatic hydroxyl groups excluding tert-OH is 1. The van der Waals surface area contributed by atoms with E-state index in [2.05, 4.69) is 24.4 Å². The highest BCUT2D eigenvalue weighted by Crippen LogP contribution is 2.29. The Morgan fingerprint density at radius 3 is 2.59 bits per heavy atom. The maximum Gasteiger partial charge on any atom is 0.154 e. The van der Waals surface area contributed by atoms with Crippen LogP contribution in [0.3, 0.4) is 0 Å². The first-order chi connectivity index (χ1) is 10.6. The summed E-state index contributed by atoms with van der Waals surface area (Å²) in [6.07, 6.45) is 8.95. The number of allylic oxidation sites excluding steroid dienone is 5. The van der Waals surface area contributed by atoms with Crippen LogP contribution in [-0.2, 0) is 0 Å². The van der Waals surface area contributed by atoms with E-state index >= 15 is 0 Å². The van der Waals surface area contributed by atoms with Gasteiger partial charge in [0.2, 0.25) is 0 Å². The van der Waals surface area contributed by atoms with E-state index in [-0.39, 0.29) is 5.75 Å². The smallest absolute Gasteiger partial charge is 0.154 e. The number of hydrogen-bond acceptors (Lipinski definition) is 3. The molecule has 0 amide bonds. The van der Waals surface area contributed by atoms with Crippen molar-refractivity contribution in [1.29, 1.82) is 0 Å². The Balaban J connectivity index is 1.87. The second kappa shape index (κ2) is 6.08. The summed E-state index contributed by atoms with van der Waals surface area (Å²) < 4.78 is 0. The summed E-state index contributed by atoms with van der Waals surface area (Å²) in [7, 11) is 0. The van der Waals surface area contributed by atoms with E-state index in [1.807, 2.05) is 48.6 Å². The Kier molecular flexibility index (Phi) is 3.98. The number of rotatable bonds is 3. The van der Waals surface area contributed by atoms with Crippen molar-refractivity contribution in [2.75, 3.05) is 0 Å². The van der Waals surface area contributed by atoms with E-state index in [0.29, 0.717) is 11.5 Å². The molecule has 2 aromatic rings. The van der Waals surface area contributed by atoms with Crippen molar-refractivity contribution >= 4 is 10.8 Å². The van der Waals surface area contributed by atoms with Gasteiger partial charge in [-0.3, -0.25) is 0 Å². The average molecular weight is 293 g/mol. The van der Waals surface area contributed by atoms with Crippen molar-refractivity contribution in [2.24, 2.45) is 5.92 Å². The zero-order chi connectivity index (χ0) is 15.5. The number of fused-ring (bicyclic) bond motifs is 1. The average Bonchev–Trinajstić information content (AvgIpc) is 2.71. The Morgan fingerprint density at radius 2 is 1.82 bits per heavy atom. The van der Waals surface area contributed by atoms with Crippen LogP contribution in [0, 0.1) is 5.92 Å². The summed E-state index contributed by atoms with van der Waals surface area (Å²) >= 11 is 0. The van der Waals surface area contributed by atoms with Gasteiger partial charge in [0.25, 0.3) is 0 Å². The maximum absolute atomic E-state index is 10.4. The molecule has 0 aliphatic heterocycles. The Hall–Kier alpha value is -2.52. The molecule has 22 heavy (non-hydrogen) atoms. The van der Waals surface area contributed by atoms with Crippen molar-refractivity contribution in [3.05, 3.63) is 78.0 Å². The standard InChI is InChI=1S/C19H19NO2/c1-13-5-4-8-16(10-9-13)20-19(22)17-11-14-6-2-3-7-15(14)12-18(17)21/h2-13,19-22H,1H3. The highest BCUT2D eigenvalue weighted by Gasteiger charge is 2.14. The molecule has 0 fully saturated rings. The van der Waals surface area contributed by atoms with Gasteiger partial charge in [-0.25, -0.2) is 0 Å². The molecule has 0 saturated heterocycles. The first-order valence-electron chi connectivity index (χ1n) is 7.36. The molecular formula is C19H19NO2. The monoisotopic (exact) mass is 293 g/mol. The second-order valence-corrected chi connectivity index (χ2v) is 5.53. The molecular weight excluding hydrogens is 274 g/mol. The van der Waals surface area contributed by atoms with E-state index < -0.39 is 6.23 Å². The van der Waals surface area contributed by atoms with Crippen LogP contribution in [-0.4, -0.2) is 10.2 Å². The molecule has 3 heteroatoms. The number of phenolic OH excluding ortho intramolecular Hbond substituents is 1. The molecule has 0 radical (unpaired) electrons. The van der Waals surface area contributed by atoms with Crippen LogP contribution in [0.25, 0.3) is 10.8 Å². The van der Waals surface area contributed by atoms with Crippen molar-refractivity contribution in [3.63, 3.8) is 0 Å². The third kappa shape index (κ3) is 3.05. The first-order valence-corrected chi connectivity index (χ1v) is 7.36. The van der Waals surface area contributed by atoms with Crippen LogP contribution < -0.4 is 5.32 Å². The lowest BCUT2D eigenvalue weighted by atomic mass is 10.0. The highest BCUT2D eigenvalue weighted by atomic mass is 16.3. The van der Waals surface area contributed by atoms with Gasteiger partial charge < -0.3 is 15.5 Å². The highest BCUT2D eigenvalue weighted by molar-refractivity contribution is 5.85. The van der Waals surface area contributed by atoms with Crippen LogP contribution in [0.1, 0.15) is 18.7 Å². The van der Waals surface area contributed by atoms with Crippen molar-refractivity contribution < 1.29 is 10.2 Å². The van der Waals surface area contributed by atoms with Gasteiger partial charge in [0, 0.05) is 11.3 Å². The fourth-order valence-corrected chi connectivity index (χ4v) is 2.51. The summed E-state index contributed by atoms with van der Waals surface area (Å²) in [5, 5.41) is 25.5. The van der Waals surface area contributed by atoms with Crippen molar-refractivity contribution in [3.8, 4) is 5.75 Å². The third-order valence-corrected chi connectivity index (χ3v) is 3.76. The lowest BCUT2D eigenvalue weighted by Crippen LogP contribution is -2.19. The van der Waals surface area contributed by atoms with Gasteiger partial charge in [-0.15, -0.1) is 0 Å². The molecule has 3 nitrogen and oxygen atoms in total. The molecule has 112 valence electrons. The molecule has 1 aliphatic carbocycles. The number of aromatic hydroxyl groups is 1. The predicted molar refractivity (Wildman–Crippen MR) is 89.2 cm³/mol. The van der Waals surface area contributed by atoms with Gasteiger partial charge in [-0.2, -0.15) is 0 Å². The van der Waals surface area contributed by atoms with Crippen molar-refractivity contribution in [2.45, 2.75) is 13.2 Å². The predicted octanol–water partition coefficient (Wildman–Crippen LogP) is 3.77. The Bertz CT molecular complexity index is 774. The largest absolute Gasteiger partial charge is 0.507 e. The summed E-state index contributed by atoms with van der Waals surface area (Å²) in [5.41, 5.74) is 1.27. The van der Waals surface area contributed by atoms with Crippen LogP contribution in [0.15, 0.2) is 72.5 Å². The molecule has 0 aromatic heterocycles. The van der Waals surface area contributed by atoms with Crippen LogP contribution in [0.4, 0.5) is 0 Å². The number of benzene rings is 2. The number of nitrogens with one attached hydrogen (secondary N) is 1. The number of hydrogen-bond donors (Lipinski definition) is 3. The topological polar surface area (TPSA) is 52.5 Å². The van der Waals surface area contributed by atoms with E-state index in [4.69, 9.17) is 0 Å². The lowest BCUT2D eigenvalue weighted by Gasteiger charge is -2.17. The van der Waals surface area contributed by atoms with Gasteiger partial charge in [-0.05, 0) is 41.0 Å². The fraction of sp³-hybridized carbons (Fsp3) is 0.158. The van der Waals surface area contributed by atoms with Gasteiger partial charge in [-0.1, -0.05) is 49.4 Å². The van der Waals surface area contributed by atoms with E-state index in [1.54, 1.807) is 6.07 Å².